The van der Waals surface area contributed by atoms with E-state index in [4.69, 9.17) is 11.6 Å². The predicted molar refractivity (Wildman–Crippen MR) is 104 cm³/mol. The van der Waals surface area contributed by atoms with Gasteiger partial charge in [0.2, 0.25) is 0 Å². The first-order chi connectivity index (χ1) is 12.1. The second-order valence-electron chi connectivity index (χ2n) is 8.00. The molecule has 0 spiro atoms. The highest BCUT2D eigenvalue weighted by Crippen LogP contribution is 2.38. The van der Waals surface area contributed by atoms with E-state index in [2.05, 4.69) is 10.2 Å². The van der Waals surface area contributed by atoms with Crippen LogP contribution in [-0.4, -0.2) is 25.2 Å². The van der Waals surface area contributed by atoms with E-state index in [1.54, 1.807) is 24.3 Å². The topological polar surface area (TPSA) is 71.2 Å². The Morgan fingerprint density at radius 1 is 1.04 bits per heavy atom. The van der Waals surface area contributed by atoms with E-state index in [-0.39, 0.29) is 17.1 Å². The average Bonchev–Trinajstić information content (AvgIpc) is 2.95. The lowest BCUT2D eigenvalue weighted by Crippen LogP contribution is -2.16. The van der Waals surface area contributed by atoms with Gasteiger partial charge in [-0.3, -0.25) is 0 Å². The van der Waals surface area contributed by atoms with E-state index < -0.39 is 6.10 Å². The number of benzene rings is 2. The van der Waals surface area contributed by atoms with Crippen LogP contribution in [-0.2, 0) is 5.41 Å². The number of aliphatic hydroxyl groups is 1. The van der Waals surface area contributed by atoms with Crippen LogP contribution >= 0.6 is 11.6 Å². The molecule has 0 saturated carbocycles. The fourth-order valence-corrected chi connectivity index (χ4v) is 3.08. The molecule has 26 heavy (non-hydrogen) atoms. The summed E-state index contributed by atoms with van der Waals surface area (Å²) in [4.78, 5) is 1.40. The fourth-order valence-electron chi connectivity index (χ4n) is 2.92. The molecule has 0 aliphatic carbocycles. The molecule has 0 radical (unpaired) electrons. The second-order valence-corrected chi connectivity index (χ2v) is 8.43. The third-order valence-corrected chi connectivity index (χ3v) is 4.69. The number of phenolic OH excluding ortho intramolecular Hbond substituents is 1. The lowest BCUT2D eigenvalue weighted by atomic mass is 9.83. The molecule has 2 N–H and O–H groups in total. The molecule has 6 heteroatoms. The summed E-state index contributed by atoms with van der Waals surface area (Å²) in [7, 11) is 0. The van der Waals surface area contributed by atoms with Crippen LogP contribution in [0.3, 0.4) is 0 Å². The molecule has 3 aromatic rings. The molecule has 0 saturated heterocycles. The Kier molecular flexibility index (Phi) is 4.71. The summed E-state index contributed by atoms with van der Waals surface area (Å²) in [5.74, 6) is 0.160. The minimum absolute atomic E-state index is 0.0451. The van der Waals surface area contributed by atoms with Crippen molar-refractivity contribution in [1.29, 1.82) is 0 Å². The first kappa shape index (κ1) is 18.7. The molecule has 3 rings (SSSR count). The average molecular weight is 374 g/mol. The first-order valence-electron chi connectivity index (χ1n) is 8.66. The Morgan fingerprint density at radius 2 is 1.69 bits per heavy atom. The van der Waals surface area contributed by atoms with Gasteiger partial charge in [-0.05, 0) is 47.2 Å². The quantitative estimate of drug-likeness (QED) is 0.693. The number of aliphatic hydroxyl groups excluding tert-OH is 1. The molecule has 138 valence electrons. The number of hydrogen-bond donors (Lipinski definition) is 2. The summed E-state index contributed by atoms with van der Waals surface area (Å²) < 4.78 is 0. The maximum absolute atomic E-state index is 10.9. The summed E-state index contributed by atoms with van der Waals surface area (Å²) in [6, 6.07) is 8.88. The van der Waals surface area contributed by atoms with Crippen LogP contribution in [0, 0.1) is 5.92 Å². The lowest BCUT2D eigenvalue weighted by Gasteiger charge is -2.25. The molecule has 0 aliphatic heterocycles. The zero-order chi connectivity index (χ0) is 19.2. The van der Waals surface area contributed by atoms with Crippen LogP contribution in [0.5, 0.6) is 5.75 Å². The Balaban J connectivity index is 2.25. The van der Waals surface area contributed by atoms with Crippen molar-refractivity contribution < 1.29 is 10.2 Å². The molecule has 1 heterocycles. The Labute approximate surface area is 158 Å². The maximum atomic E-state index is 10.9. The van der Waals surface area contributed by atoms with Gasteiger partial charge in [0.15, 0.2) is 0 Å². The summed E-state index contributed by atoms with van der Waals surface area (Å²) >= 11 is 6.03. The molecule has 1 atom stereocenters. The standard InChI is InChI=1S/C20H24ClN3O2/c1-11(2)18(25)12-8-14(20(3,4)5)19(26)17(9-12)24-22-15-7-6-13(21)10-16(15)23-24/h6-11,18,25-26H,1-5H3. The molecular weight excluding hydrogens is 350 g/mol. The van der Waals surface area contributed by atoms with Gasteiger partial charge in [0, 0.05) is 10.6 Å². The van der Waals surface area contributed by atoms with Crippen LogP contribution in [0.25, 0.3) is 16.7 Å². The molecular formula is C20H24ClN3O2. The zero-order valence-corrected chi connectivity index (χ0v) is 16.4. The van der Waals surface area contributed by atoms with Crippen molar-refractivity contribution in [2.24, 2.45) is 5.92 Å². The van der Waals surface area contributed by atoms with E-state index in [1.165, 1.54) is 4.80 Å². The molecule has 2 aromatic carbocycles. The number of rotatable bonds is 3. The van der Waals surface area contributed by atoms with E-state index in [0.29, 0.717) is 21.7 Å². The van der Waals surface area contributed by atoms with Crippen molar-refractivity contribution in [3.05, 3.63) is 46.5 Å². The van der Waals surface area contributed by atoms with Crippen LogP contribution in [0.15, 0.2) is 30.3 Å². The number of aromatic nitrogens is 3. The highest BCUT2D eigenvalue weighted by Gasteiger charge is 2.25. The van der Waals surface area contributed by atoms with Crippen molar-refractivity contribution in [3.8, 4) is 11.4 Å². The van der Waals surface area contributed by atoms with Crippen molar-refractivity contribution in [1.82, 2.24) is 15.0 Å². The van der Waals surface area contributed by atoms with Gasteiger partial charge < -0.3 is 10.2 Å². The molecule has 1 unspecified atom stereocenters. The smallest absolute Gasteiger partial charge is 0.146 e. The minimum Gasteiger partial charge on any atom is -0.505 e. The van der Waals surface area contributed by atoms with E-state index in [9.17, 15) is 10.2 Å². The maximum Gasteiger partial charge on any atom is 0.146 e. The predicted octanol–water partition coefficient (Wildman–Crippen LogP) is 4.77. The molecule has 0 aliphatic rings. The second kappa shape index (κ2) is 6.56. The summed E-state index contributed by atoms with van der Waals surface area (Å²) in [5.41, 5.74) is 2.94. The lowest BCUT2D eigenvalue weighted by molar-refractivity contribution is 0.126. The van der Waals surface area contributed by atoms with Gasteiger partial charge in [-0.25, -0.2) is 0 Å². The van der Waals surface area contributed by atoms with Gasteiger partial charge in [-0.2, -0.15) is 0 Å². The van der Waals surface area contributed by atoms with Gasteiger partial charge in [0.25, 0.3) is 0 Å². The largest absolute Gasteiger partial charge is 0.505 e. The normalized spacial score (nSPS) is 13.5. The first-order valence-corrected chi connectivity index (χ1v) is 9.04. The monoisotopic (exact) mass is 373 g/mol. The number of aromatic hydroxyl groups is 1. The van der Waals surface area contributed by atoms with Gasteiger partial charge in [-0.15, -0.1) is 15.0 Å². The zero-order valence-electron chi connectivity index (χ0n) is 15.7. The van der Waals surface area contributed by atoms with Crippen molar-refractivity contribution in [2.75, 3.05) is 0 Å². The minimum atomic E-state index is -0.644. The van der Waals surface area contributed by atoms with Crippen LogP contribution < -0.4 is 0 Å². The third-order valence-electron chi connectivity index (χ3n) is 4.45. The molecule has 5 nitrogen and oxygen atoms in total. The fraction of sp³-hybridized carbons (Fsp3) is 0.400. The van der Waals surface area contributed by atoms with Gasteiger partial charge in [0.05, 0.1) is 6.10 Å². The summed E-state index contributed by atoms with van der Waals surface area (Å²) in [5, 5.41) is 31.0. The summed E-state index contributed by atoms with van der Waals surface area (Å²) in [6.07, 6.45) is -0.644. The number of fused-ring (bicyclic) bond motifs is 1. The van der Waals surface area contributed by atoms with E-state index >= 15 is 0 Å². The third kappa shape index (κ3) is 3.41. The van der Waals surface area contributed by atoms with Crippen molar-refractivity contribution >= 4 is 22.6 Å². The number of hydrogen-bond acceptors (Lipinski definition) is 4. The molecule has 0 bridgehead atoms. The van der Waals surface area contributed by atoms with Gasteiger partial charge >= 0.3 is 0 Å². The Morgan fingerprint density at radius 3 is 2.31 bits per heavy atom. The number of phenols is 1. The number of nitrogens with zero attached hydrogens (tertiary/aromatic N) is 3. The van der Waals surface area contributed by atoms with Crippen LogP contribution in [0.1, 0.15) is 51.8 Å². The highest BCUT2D eigenvalue weighted by atomic mass is 35.5. The molecule has 1 aromatic heterocycles. The number of halogens is 1. The molecule has 0 amide bonds. The summed E-state index contributed by atoms with van der Waals surface area (Å²) in [6.45, 7) is 9.96. The van der Waals surface area contributed by atoms with E-state index in [1.807, 2.05) is 40.7 Å². The van der Waals surface area contributed by atoms with E-state index in [0.717, 1.165) is 11.1 Å². The SMILES string of the molecule is CC(C)C(O)c1cc(-n2nc3ccc(Cl)cc3n2)c(O)c(C(C)(C)C)c1. The van der Waals surface area contributed by atoms with Crippen molar-refractivity contribution in [2.45, 2.75) is 46.1 Å². The highest BCUT2D eigenvalue weighted by molar-refractivity contribution is 6.31. The van der Waals surface area contributed by atoms with Crippen LogP contribution in [0.2, 0.25) is 5.02 Å². The van der Waals surface area contributed by atoms with Gasteiger partial charge in [-0.1, -0.05) is 46.2 Å². The van der Waals surface area contributed by atoms with Crippen molar-refractivity contribution in [3.63, 3.8) is 0 Å². The molecule has 0 fully saturated rings. The Bertz CT molecular complexity index is 958. The Hall–Kier alpha value is -2.11. The van der Waals surface area contributed by atoms with Gasteiger partial charge in [0.1, 0.15) is 22.5 Å². The van der Waals surface area contributed by atoms with Crippen LogP contribution in [0.4, 0.5) is 0 Å².